The molecule has 1 atom stereocenters. The zero-order valence-corrected chi connectivity index (χ0v) is 9.90. The van der Waals surface area contributed by atoms with Crippen molar-refractivity contribution in [2.45, 2.75) is 31.9 Å². The van der Waals surface area contributed by atoms with Crippen molar-refractivity contribution in [2.24, 2.45) is 0 Å². The second kappa shape index (κ2) is 4.62. The molecule has 0 bridgehead atoms. The predicted molar refractivity (Wildman–Crippen MR) is 60.7 cm³/mol. The molecule has 1 aromatic heterocycles. The van der Waals surface area contributed by atoms with Crippen molar-refractivity contribution in [3.8, 4) is 5.97 Å². The quantitative estimate of drug-likeness (QED) is 0.573. The minimum atomic E-state index is -0.496. The van der Waals surface area contributed by atoms with Crippen LogP contribution in [-0.2, 0) is 4.74 Å². The molecule has 2 heterocycles. The highest BCUT2D eigenvalue weighted by Crippen LogP contribution is 2.34. The van der Waals surface area contributed by atoms with E-state index in [0.29, 0.717) is 11.7 Å². The molecule has 0 amide bonds. The molecule has 1 aromatic rings. The number of hydrogen-bond donors (Lipinski definition) is 0. The predicted octanol–water partition coefficient (Wildman–Crippen LogP) is 1.74. The third-order valence-electron chi connectivity index (χ3n) is 3.19. The minimum Gasteiger partial charge on any atom is -0.464 e. The highest BCUT2D eigenvalue weighted by molar-refractivity contribution is 6.68. The van der Waals surface area contributed by atoms with Crippen LogP contribution in [0.3, 0.4) is 0 Å². The van der Waals surface area contributed by atoms with Gasteiger partial charge in [0.15, 0.2) is 11.6 Å². The average molecular weight is 232 g/mol. The summed E-state index contributed by atoms with van der Waals surface area (Å²) >= 11 is 0. The van der Waals surface area contributed by atoms with Crippen molar-refractivity contribution in [3.05, 3.63) is 17.3 Å². The van der Waals surface area contributed by atoms with Gasteiger partial charge in [0.05, 0.1) is 7.11 Å². The average Bonchev–Trinajstić information content (AvgIpc) is 2.93. The third kappa shape index (κ3) is 2.05. The monoisotopic (exact) mass is 232 g/mol. The fraction of sp³-hybridized carbons (Fsp3) is 0.545. The first-order valence-electron chi connectivity index (χ1n) is 5.62. The van der Waals surface area contributed by atoms with Gasteiger partial charge in [0.1, 0.15) is 5.76 Å². The number of oxazole rings is 1. The van der Waals surface area contributed by atoms with Crippen LogP contribution in [0.25, 0.3) is 0 Å². The number of aryl methyl sites for hydroxylation is 1. The lowest BCUT2D eigenvalue weighted by Crippen LogP contribution is -2.15. The second-order valence-corrected chi connectivity index (χ2v) is 4.22. The molecule has 0 aromatic carbocycles. The van der Waals surface area contributed by atoms with Crippen molar-refractivity contribution < 1.29 is 13.9 Å². The zero-order valence-electron chi connectivity index (χ0n) is 9.90. The van der Waals surface area contributed by atoms with E-state index < -0.39 is 5.97 Å². The van der Waals surface area contributed by atoms with E-state index in [1.807, 2.05) is 0 Å². The Hall–Kier alpha value is -1.77. The van der Waals surface area contributed by atoms with E-state index in [1.54, 1.807) is 6.92 Å². The van der Waals surface area contributed by atoms with Gasteiger partial charge in [0.25, 0.3) is 6.71 Å². The molecule has 1 fully saturated rings. The molecule has 1 saturated heterocycles. The molecule has 0 N–H and O–H groups in total. The Morgan fingerprint density at radius 1 is 1.71 bits per heavy atom. The molecule has 0 radical (unpaired) electrons. The molecule has 0 spiro atoms. The number of rotatable bonds is 2. The van der Waals surface area contributed by atoms with Crippen LogP contribution in [0.2, 0.25) is 6.32 Å². The van der Waals surface area contributed by atoms with E-state index >= 15 is 0 Å². The summed E-state index contributed by atoms with van der Waals surface area (Å²) in [7, 11) is 1.31. The van der Waals surface area contributed by atoms with Crippen LogP contribution in [0.4, 0.5) is 0 Å². The van der Waals surface area contributed by atoms with E-state index in [4.69, 9.17) is 9.68 Å². The molecule has 5 nitrogen and oxygen atoms in total. The van der Waals surface area contributed by atoms with E-state index in [0.717, 1.165) is 19.2 Å². The Morgan fingerprint density at radius 3 is 3.12 bits per heavy atom. The molecule has 1 aliphatic rings. The molecule has 17 heavy (non-hydrogen) atoms. The van der Waals surface area contributed by atoms with E-state index in [9.17, 15) is 4.79 Å². The highest BCUT2D eigenvalue weighted by atomic mass is 16.5. The Balaban J connectivity index is 2.29. The highest BCUT2D eigenvalue weighted by Gasteiger charge is 2.37. The van der Waals surface area contributed by atoms with Crippen LogP contribution in [-0.4, -0.2) is 24.8 Å². The Labute approximate surface area is 99.8 Å². The molecular formula is C11H13BN2O3. The topological polar surface area (TPSA) is 76.1 Å². The number of carbonyl (C=O) groups is 1. The van der Waals surface area contributed by atoms with Crippen molar-refractivity contribution >= 4 is 12.7 Å². The summed E-state index contributed by atoms with van der Waals surface area (Å²) in [6, 6.07) is 0. The largest absolute Gasteiger partial charge is 0.464 e. The molecular weight excluding hydrogens is 219 g/mol. The maximum absolute atomic E-state index is 11.4. The number of aromatic nitrogens is 1. The molecule has 1 unspecified atom stereocenters. The van der Waals surface area contributed by atoms with Crippen molar-refractivity contribution in [3.63, 3.8) is 0 Å². The lowest BCUT2D eigenvalue weighted by molar-refractivity contribution is 0.0593. The van der Waals surface area contributed by atoms with Crippen LogP contribution in [0.1, 0.15) is 40.8 Å². The smallest absolute Gasteiger partial charge is 0.360 e. The Bertz CT molecular complexity index is 478. The summed E-state index contributed by atoms with van der Waals surface area (Å²) in [5, 5.41) is 9.02. The molecule has 6 heteroatoms. The molecule has 0 saturated carbocycles. The lowest BCUT2D eigenvalue weighted by atomic mass is 9.44. The van der Waals surface area contributed by atoms with Gasteiger partial charge in [-0.2, -0.15) is 0 Å². The van der Waals surface area contributed by atoms with Gasteiger partial charge < -0.3 is 9.15 Å². The molecule has 0 aliphatic carbocycles. The first-order valence-corrected chi connectivity index (χ1v) is 5.62. The number of methoxy groups -OCH3 is 1. The number of nitriles is 1. The van der Waals surface area contributed by atoms with Crippen LogP contribution < -0.4 is 0 Å². The Morgan fingerprint density at radius 2 is 2.47 bits per heavy atom. The van der Waals surface area contributed by atoms with Gasteiger partial charge in [0, 0.05) is 11.8 Å². The van der Waals surface area contributed by atoms with E-state index in [2.05, 4.69) is 15.7 Å². The summed E-state index contributed by atoms with van der Waals surface area (Å²) in [4.78, 5) is 15.6. The van der Waals surface area contributed by atoms with Gasteiger partial charge in [-0.15, -0.1) is 0 Å². The first kappa shape index (κ1) is 11.7. The molecule has 88 valence electrons. The fourth-order valence-corrected chi connectivity index (χ4v) is 2.27. The number of ether oxygens (including phenoxy) is 1. The van der Waals surface area contributed by atoms with E-state index in [-0.39, 0.29) is 18.2 Å². The maximum Gasteiger partial charge on any atom is 0.360 e. The maximum atomic E-state index is 11.4. The SMILES string of the molecule is COC(=O)c1nc(C2CCCB2C#N)oc1C. The van der Waals surface area contributed by atoms with E-state index in [1.165, 1.54) is 7.11 Å². The van der Waals surface area contributed by atoms with Gasteiger partial charge in [-0.1, -0.05) is 12.7 Å². The van der Waals surface area contributed by atoms with Gasteiger partial charge in [0.2, 0.25) is 0 Å². The van der Waals surface area contributed by atoms with Crippen molar-refractivity contribution in [1.29, 1.82) is 5.26 Å². The lowest BCUT2D eigenvalue weighted by Gasteiger charge is -2.04. The molecule has 1 aliphatic heterocycles. The minimum absolute atomic E-state index is 0.0112. The summed E-state index contributed by atoms with van der Waals surface area (Å²) in [6.07, 6.45) is 2.76. The summed E-state index contributed by atoms with van der Waals surface area (Å²) in [5.41, 5.74) is 0.214. The third-order valence-corrected chi connectivity index (χ3v) is 3.19. The summed E-state index contributed by atoms with van der Waals surface area (Å²) < 4.78 is 10.1. The number of esters is 1. The van der Waals surface area contributed by atoms with Crippen LogP contribution >= 0.6 is 0 Å². The van der Waals surface area contributed by atoms with Gasteiger partial charge >= 0.3 is 5.97 Å². The first-order chi connectivity index (χ1) is 8.17. The van der Waals surface area contributed by atoms with Gasteiger partial charge in [-0.25, -0.2) is 15.0 Å². The Kier molecular flexibility index (Phi) is 3.18. The number of hydrogen-bond acceptors (Lipinski definition) is 5. The van der Waals surface area contributed by atoms with Crippen LogP contribution in [0, 0.1) is 18.2 Å². The van der Waals surface area contributed by atoms with Crippen LogP contribution in [0.5, 0.6) is 0 Å². The summed E-state index contributed by atoms with van der Waals surface area (Å²) in [5.74, 6) is 2.73. The zero-order chi connectivity index (χ0) is 12.4. The number of nitrogens with zero attached hydrogens (tertiary/aromatic N) is 2. The van der Waals surface area contributed by atoms with Crippen molar-refractivity contribution in [1.82, 2.24) is 4.98 Å². The van der Waals surface area contributed by atoms with Crippen LogP contribution in [0.15, 0.2) is 4.42 Å². The second-order valence-electron chi connectivity index (χ2n) is 4.22. The summed E-state index contributed by atoms with van der Waals surface area (Å²) in [6.45, 7) is 1.62. The van der Waals surface area contributed by atoms with Crippen molar-refractivity contribution in [2.75, 3.05) is 7.11 Å². The molecule has 2 rings (SSSR count). The van der Waals surface area contributed by atoms with Gasteiger partial charge in [-0.3, -0.25) is 0 Å². The normalized spacial score (nSPS) is 19.1. The standard InChI is InChI=1S/C11H13BN2O3/c1-7-9(11(15)16-2)14-10(17-7)8-4-3-5-12(8)6-13/h8H,3-5H2,1-2H3. The fourth-order valence-electron chi connectivity index (χ4n) is 2.27. The number of carbonyl (C=O) groups excluding carboxylic acids is 1. The van der Waals surface area contributed by atoms with Gasteiger partial charge in [-0.05, 0) is 13.3 Å².